The van der Waals surface area contributed by atoms with E-state index in [2.05, 4.69) is 4.90 Å². The maximum atomic E-state index is 12.0. The zero-order valence-corrected chi connectivity index (χ0v) is 13.9. The minimum Gasteiger partial charge on any atom is -0.444 e. The van der Waals surface area contributed by atoms with Crippen molar-refractivity contribution in [2.45, 2.75) is 52.1 Å². The molecule has 1 aliphatic carbocycles. The molecule has 0 bridgehead atoms. The number of hydrogen-bond acceptors (Lipinski definition) is 4. The molecule has 21 heavy (non-hydrogen) atoms. The Labute approximate surface area is 128 Å². The van der Waals surface area contributed by atoms with Crippen LogP contribution in [0.25, 0.3) is 0 Å². The van der Waals surface area contributed by atoms with Gasteiger partial charge >= 0.3 is 6.09 Å². The van der Waals surface area contributed by atoms with Crippen LogP contribution in [0.15, 0.2) is 0 Å². The standard InChI is InChI=1S/C16H31N3O2/c1-15(2,3)21-14(20)19-12-10-18(11-13-19)9-7-16(4-5-16)6-8-17/h4-13,17H2,1-3H3. The predicted octanol–water partition coefficient (Wildman–Crippen LogP) is 2.06. The molecule has 0 unspecified atom stereocenters. The van der Waals surface area contributed by atoms with E-state index in [1.807, 2.05) is 25.7 Å². The maximum absolute atomic E-state index is 12.0. The summed E-state index contributed by atoms with van der Waals surface area (Å²) < 4.78 is 5.42. The lowest BCUT2D eigenvalue weighted by Gasteiger charge is -2.36. The van der Waals surface area contributed by atoms with Crippen molar-refractivity contribution < 1.29 is 9.53 Å². The Balaban J connectivity index is 1.67. The number of carbonyl (C=O) groups is 1. The van der Waals surface area contributed by atoms with Gasteiger partial charge < -0.3 is 15.4 Å². The van der Waals surface area contributed by atoms with Gasteiger partial charge in [0.25, 0.3) is 0 Å². The second-order valence-corrected chi connectivity index (χ2v) is 7.60. The summed E-state index contributed by atoms with van der Waals surface area (Å²) in [6, 6.07) is 0. The van der Waals surface area contributed by atoms with Gasteiger partial charge in [0.15, 0.2) is 0 Å². The number of amides is 1. The summed E-state index contributed by atoms with van der Waals surface area (Å²) >= 11 is 0. The fourth-order valence-corrected chi connectivity index (χ4v) is 2.98. The Hall–Kier alpha value is -0.810. The van der Waals surface area contributed by atoms with Gasteiger partial charge in [-0.25, -0.2) is 4.79 Å². The quantitative estimate of drug-likeness (QED) is 0.844. The minimum atomic E-state index is -0.408. The Morgan fingerprint density at radius 3 is 2.24 bits per heavy atom. The summed E-state index contributed by atoms with van der Waals surface area (Å²) in [6.07, 6.45) is 4.95. The number of rotatable bonds is 5. The molecule has 0 atom stereocenters. The zero-order chi connectivity index (χ0) is 15.5. The fourth-order valence-electron chi connectivity index (χ4n) is 2.98. The maximum Gasteiger partial charge on any atom is 0.410 e. The summed E-state index contributed by atoms with van der Waals surface area (Å²) in [4.78, 5) is 16.3. The number of nitrogens with zero attached hydrogens (tertiary/aromatic N) is 2. The van der Waals surface area contributed by atoms with Crippen molar-refractivity contribution in [3.8, 4) is 0 Å². The molecule has 2 aliphatic rings. The van der Waals surface area contributed by atoms with E-state index in [0.717, 1.165) is 39.3 Å². The third-order valence-corrected chi connectivity index (χ3v) is 4.61. The second kappa shape index (κ2) is 6.53. The molecule has 122 valence electrons. The molecular formula is C16H31N3O2. The van der Waals surface area contributed by atoms with Gasteiger partial charge in [0.05, 0.1) is 0 Å². The van der Waals surface area contributed by atoms with E-state index >= 15 is 0 Å². The summed E-state index contributed by atoms with van der Waals surface area (Å²) in [6.45, 7) is 11.1. The molecule has 5 nitrogen and oxygen atoms in total. The van der Waals surface area contributed by atoms with Gasteiger partial charge in [-0.1, -0.05) is 0 Å². The molecule has 1 saturated heterocycles. The number of hydrogen-bond donors (Lipinski definition) is 1. The smallest absolute Gasteiger partial charge is 0.410 e. The molecule has 2 fully saturated rings. The third-order valence-electron chi connectivity index (χ3n) is 4.61. The van der Waals surface area contributed by atoms with Gasteiger partial charge in [0.1, 0.15) is 5.60 Å². The van der Waals surface area contributed by atoms with Gasteiger partial charge in [0, 0.05) is 26.2 Å². The van der Waals surface area contributed by atoms with Crippen molar-refractivity contribution in [3.63, 3.8) is 0 Å². The van der Waals surface area contributed by atoms with Crippen LogP contribution in [0, 0.1) is 5.41 Å². The minimum absolute atomic E-state index is 0.177. The van der Waals surface area contributed by atoms with Crippen LogP contribution in [0.3, 0.4) is 0 Å². The lowest BCUT2D eigenvalue weighted by molar-refractivity contribution is 0.0140. The SMILES string of the molecule is CC(C)(C)OC(=O)N1CCN(CCC2(CCN)CC2)CC1. The normalized spacial score (nSPS) is 22.2. The van der Waals surface area contributed by atoms with Gasteiger partial charge in [-0.15, -0.1) is 0 Å². The Kier molecular flexibility index (Phi) is 5.15. The number of carbonyl (C=O) groups excluding carboxylic acids is 1. The molecule has 1 heterocycles. The van der Waals surface area contributed by atoms with Crippen LogP contribution in [-0.4, -0.2) is 60.8 Å². The van der Waals surface area contributed by atoms with Crippen LogP contribution in [0.2, 0.25) is 0 Å². The monoisotopic (exact) mass is 297 g/mol. The summed E-state index contributed by atoms with van der Waals surface area (Å²) in [7, 11) is 0. The lowest BCUT2D eigenvalue weighted by Crippen LogP contribution is -2.50. The highest BCUT2D eigenvalue weighted by molar-refractivity contribution is 5.68. The second-order valence-electron chi connectivity index (χ2n) is 7.60. The first-order chi connectivity index (χ1) is 9.84. The largest absolute Gasteiger partial charge is 0.444 e. The number of nitrogens with two attached hydrogens (primary N) is 1. The van der Waals surface area contributed by atoms with Gasteiger partial charge in [0.2, 0.25) is 0 Å². The summed E-state index contributed by atoms with van der Waals surface area (Å²) in [5.41, 5.74) is 5.84. The van der Waals surface area contributed by atoms with Gasteiger partial charge in [-0.3, -0.25) is 4.90 Å². The third kappa shape index (κ3) is 5.15. The van der Waals surface area contributed by atoms with E-state index in [9.17, 15) is 4.79 Å². The molecule has 1 saturated carbocycles. The topological polar surface area (TPSA) is 58.8 Å². The zero-order valence-electron chi connectivity index (χ0n) is 13.9. The van der Waals surface area contributed by atoms with Crippen molar-refractivity contribution in [2.75, 3.05) is 39.3 Å². The number of piperazine rings is 1. The van der Waals surface area contributed by atoms with Gasteiger partial charge in [-0.2, -0.15) is 0 Å². The van der Waals surface area contributed by atoms with Crippen molar-refractivity contribution in [1.82, 2.24) is 9.80 Å². The van der Waals surface area contributed by atoms with Crippen molar-refractivity contribution in [2.24, 2.45) is 11.1 Å². The molecule has 0 aromatic carbocycles. The molecule has 5 heteroatoms. The molecule has 0 aromatic heterocycles. The van der Waals surface area contributed by atoms with Crippen LogP contribution < -0.4 is 5.73 Å². The van der Waals surface area contributed by atoms with E-state index in [1.165, 1.54) is 25.7 Å². The lowest BCUT2D eigenvalue weighted by atomic mass is 9.98. The van der Waals surface area contributed by atoms with Gasteiger partial charge in [-0.05, 0) is 65.0 Å². The first-order valence-corrected chi connectivity index (χ1v) is 8.24. The fraction of sp³-hybridized carbons (Fsp3) is 0.938. The van der Waals surface area contributed by atoms with Crippen molar-refractivity contribution in [1.29, 1.82) is 0 Å². The van der Waals surface area contributed by atoms with E-state index in [1.54, 1.807) is 0 Å². The van der Waals surface area contributed by atoms with Crippen LogP contribution >= 0.6 is 0 Å². The average Bonchev–Trinajstić information content (AvgIpc) is 3.16. The van der Waals surface area contributed by atoms with E-state index in [-0.39, 0.29) is 6.09 Å². The first kappa shape index (κ1) is 16.6. The Bertz CT molecular complexity index is 353. The summed E-state index contributed by atoms with van der Waals surface area (Å²) in [5.74, 6) is 0. The Morgan fingerprint density at radius 1 is 1.14 bits per heavy atom. The highest BCUT2D eigenvalue weighted by Crippen LogP contribution is 2.51. The Morgan fingerprint density at radius 2 is 1.76 bits per heavy atom. The molecule has 0 radical (unpaired) electrons. The molecular weight excluding hydrogens is 266 g/mol. The molecule has 0 spiro atoms. The number of ether oxygens (including phenoxy) is 1. The van der Waals surface area contributed by atoms with Crippen LogP contribution in [0.4, 0.5) is 4.79 Å². The van der Waals surface area contributed by atoms with Crippen molar-refractivity contribution >= 4 is 6.09 Å². The molecule has 2 N–H and O–H groups in total. The first-order valence-electron chi connectivity index (χ1n) is 8.24. The highest BCUT2D eigenvalue weighted by atomic mass is 16.6. The van der Waals surface area contributed by atoms with E-state index in [0.29, 0.717) is 5.41 Å². The van der Waals surface area contributed by atoms with Crippen molar-refractivity contribution in [3.05, 3.63) is 0 Å². The van der Waals surface area contributed by atoms with Crippen LogP contribution in [0.1, 0.15) is 46.5 Å². The van der Waals surface area contributed by atoms with Crippen LogP contribution in [0.5, 0.6) is 0 Å². The molecule has 2 rings (SSSR count). The summed E-state index contributed by atoms with van der Waals surface area (Å²) in [5, 5.41) is 0. The van der Waals surface area contributed by atoms with E-state index < -0.39 is 5.60 Å². The average molecular weight is 297 g/mol. The molecule has 1 aliphatic heterocycles. The van der Waals surface area contributed by atoms with Crippen LogP contribution in [-0.2, 0) is 4.74 Å². The highest BCUT2D eigenvalue weighted by Gasteiger charge is 2.41. The molecule has 1 amide bonds. The predicted molar refractivity (Wildman–Crippen MR) is 84.2 cm³/mol. The molecule has 0 aromatic rings. The van der Waals surface area contributed by atoms with E-state index in [4.69, 9.17) is 10.5 Å².